The van der Waals surface area contributed by atoms with Gasteiger partial charge in [-0.15, -0.1) is 15.3 Å². The largest absolute Gasteiger partial charge is 0.507 e. The molecule has 32 heavy (non-hydrogen) atoms. The number of aromatic hydroxyl groups is 1. The Labute approximate surface area is 185 Å². The third kappa shape index (κ3) is 4.08. The Morgan fingerprint density at radius 1 is 1.16 bits per heavy atom. The predicted octanol–water partition coefficient (Wildman–Crippen LogP) is 2.99. The van der Waals surface area contributed by atoms with Gasteiger partial charge in [0.1, 0.15) is 12.4 Å². The van der Waals surface area contributed by atoms with Crippen LogP contribution in [0.2, 0.25) is 0 Å². The molecule has 5 rings (SSSR count). The molecule has 0 unspecified atom stereocenters. The van der Waals surface area contributed by atoms with Gasteiger partial charge in [0.05, 0.1) is 19.0 Å². The third-order valence-electron chi connectivity index (χ3n) is 6.23. The van der Waals surface area contributed by atoms with Gasteiger partial charge in [-0.2, -0.15) is 5.10 Å². The number of benzene rings is 1. The van der Waals surface area contributed by atoms with Gasteiger partial charge in [0, 0.05) is 41.9 Å². The molecule has 8 nitrogen and oxygen atoms in total. The molecule has 2 fully saturated rings. The van der Waals surface area contributed by atoms with E-state index in [1.54, 1.807) is 18.3 Å². The number of nitrogens with one attached hydrogen (secondary N) is 1. The van der Waals surface area contributed by atoms with Crippen molar-refractivity contribution in [2.24, 2.45) is 0 Å². The number of phenols is 1. The van der Waals surface area contributed by atoms with E-state index in [0.29, 0.717) is 17.1 Å². The number of hydrogen-bond acceptors (Lipinski definition) is 8. The van der Waals surface area contributed by atoms with E-state index >= 15 is 0 Å². The number of ether oxygens (including phenoxy) is 1. The molecule has 166 valence electrons. The number of hydrogen-bond donors (Lipinski definition) is 2. The number of nitrogens with zero attached hydrogens (tertiary/aromatic N) is 5. The van der Waals surface area contributed by atoms with E-state index in [0.717, 1.165) is 49.3 Å². The maximum Gasteiger partial charge on any atom is 0.233 e. The van der Waals surface area contributed by atoms with Gasteiger partial charge in [0.15, 0.2) is 5.82 Å². The van der Waals surface area contributed by atoms with Crippen LogP contribution in [0.1, 0.15) is 19.3 Å². The summed E-state index contributed by atoms with van der Waals surface area (Å²) in [5.74, 6) is 1.30. The molecule has 2 aliphatic rings. The van der Waals surface area contributed by atoms with Gasteiger partial charge >= 0.3 is 0 Å². The highest BCUT2D eigenvalue weighted by atomic mass is 19.1. The summed E-state index contributed by atoms with van der Waals surface area (Å²) in [5, 5.41) is 30.6. The molecular weight excluding hydrogens is 411 g/mol. The maximum absolute atomic E-state index is 13.2. The Hall–Kier alpha value is -3.33. The van der Waals surface area contributed by atoms with Crippen molar-refractivity contribution in [2.75, 3.05) is 31.8 Å². The average Bonchev–Trinajstić information content (AvgIpc) is 3.46. The quantitative estimate of drug-likeness (QED) is 0.584. The second-order valence-corrected chi connectivity index (χ2v) is 8.49. The Morgan fingerprint density at radius 3 is 2.72 bits per heavy atom. The maximum atomic E-state index is 13.2. The number of rotatable bonds is 7. The lowest BCUT2D eigenvalue weighted by Crippen LogP contribution is -2.43. The third-order valence-corrected chi connectivity index (χ3v) is 6.23. The van der Waals surface area contributed by atoms with Crippen LogP contribution in [-0.4, -0.2) is 64.0 Å². The summed E-state index contributed by atoms with van der Waals surface area (Å²) in [6.07, 6.45) is 4.41. The lowest BCUT2D eigenvalue weighted by Gasteiger charge is -2.21. The van der Waals surface area contributed by atoms with Crippen molar-refractivity contribution in [1.29, 1.82) is 0 Å². The van der Waals surface area contributed by atoms with Crippen LogP contribution in [0.25, 0.3) is 22.4 Å². The number of alkyl halides is 1. The summed E-state index contributed by atoms with van der Waals surface area (Å²) in [6, 6.07) is 11.2. The van der Waals surface area contributed by atoms with Crippen LogP contribution in [0.3, 0.4) is 0 Å². The van der Waals surface area contributed by atoms with Crippen LogP contribution in [0, 0.1) is 0 Å². The van der Waals surface area contributed by atoms with Crippen molar-refractivity contribution in [2.45, 2.75) is 30.8 Å². The summed E-state index contributed by atoms with van der Waals surface area (Å²) in [7, 11) is 1.53. The van der Waals surface area contributed by atoms with Gasteiger partial charge in [-0.25, -0.2) is 4.39 Å². The first kappa shape index (κ1) is 20.6. The van der Waals surface area contributed by atoms with Crippen LogP contribution in [0.5, 0.6) is 11.6 Å². The van der Waals surface area contributed by atoms with Crippen molar-refractivity contribution in [3.63, 3.8) is 0 Å². The summed E-state index contributed by atoms with van der Waals surface area (Å²) in [5.41, 5.74) is 2.49. The molecule has 3 heterocycles. The summed E-state index contributed by atoms with van der Waals surface area (Å²) in [4.78, 5) is 2.16. The average molecular weight is 436 g/mol. The molecule has 2 N–H and O–H groups in total. The van der Waals surface area contributed by atoms with Crippen LogP contribution >= 0.6 is 0 Å². The van der Waals surface area contributed by atoms with E-state index in [4.69, 9.17) is 4.74 Å². The second-order valence-electron chi connectivity index (χ2n) is 8.49. The standard InChI is InChI=1S/C23H25FN6O2/c1-32-22-11-16(12-25-29-22)15-2-3-18(20(31)10-15)19-4-5-21(28-27-19)30-9-6-17(13-30)26-23(14-24)7-8-23/h2-5,10-12,17,26,31H,6-9,13-14H2,1H3/t17-/m1/s1. The van der Waals surface area contributed by atoms with Crippen molar-refractivity contribution >= 4 is 5.82 Å². The first-order chi connectivity index (χ1) is 15.6. The predicted molar refractivity (Wildman–Crippen MR) is 118 cm³/mol. The Morgan fingerprint density at radius 2 is 2.03 bits per heavy atom. The first-order valence-electron chi connectivity index (χ1n) is 10.7. The normalized spacial score (nSPS) is 19.2. The van der Waals surface area contributed by atoms with Crippen molar-refractivity contribution in [3.05, 3.63) is 42.6 Å². The number of anilines is 1. The van der Waals surface area contributed by atoms with Crippen LogP contribution < -0.4 is 15.0 Å². The van der Waals surface area contributed by atoms with Crippen LogP contribution in [0.4, 0.5) is 10.2 Å². The summed E-state index contributed by atoms with van der Waals surface area (Å²) in [6.45, 7) is 1.35. The van der Waals surface area contributed by atoms with Crippen LogP contribution in [0.15, 0.2) is 42.6 Å². The first-order valence-corrected chi connectivity index (χ1v) is 10.7. The summed E-state index contributed by atoms with van der Waals surface area (Å²) >= 11 is 0. The zero-order valence-electron chi connectivity index (χ0n) is 17.8. The van der Waals surface area contributed by atoms with E-state index in [2.05, 4.69) is 30.6 Å². The van der Waals surface area contributed by atoms with Gasteiger partial charge in [0.2, 0.25) is 5.88 Å². The molecule has 1 saturated heterocycles. The van der Waals surface area contributed by atoms with Crippen molar-refractivity contribution < 1.29 is 14.2 Å². The zero-order valence-corrected chi connectivity index (χ0v) is 17.8. The molecule has 1 saturated carbocycles. The van der Waals surface area contributed by atoms with E-state index < -0.39 is 0 Å². The van der Waals surface area contributed by atoms with Gasteiger partial charge in [-0.1, -0.05) is 6.07 Å². The highest BCUT2D eigenvalue weighted by Gasteiger charge is 2.45. The number of methoxy groups -OCH3 is 1. The fourth-order valence-electron chi connectivity index (χ4n) is 4.16. The van der Waals surface area contributed by atoms with Gasteiger partial charge in [-0.05, 0) is 49.1 Å². The van der Waals surface area contributed by atoms with Crippen LogP contribution in [-0.2, 0) is 0 Å². The smallest absolute Gasteiger partial charge is 0.233 e. The molecule has 3 aromatic rings. The molecule has 0 radical (unpaired) electrons. The van der Waals surface area contributed by atoms with E-state index in [-0.39, 0.29) is 24.0 Å². The van der Waals surface area contributed by atoms with Crippen molar-refractivity contribution in [3.8, 4) is 34.0 Å². The number of halogens is 1. The van der Waals surface area contributed by atoms with Crippen molar-refractivity contribution in [1.82, 2.24) is 25.7 Å². The van der Waals surface area contributed by atoms with Gasteiger partial charge < -0.3 is 20.1 Å². The molecule has 9 heteroatoms. The molecule has 1 atom stereocenters. The molecular formula is C23H25FN6O2. The molecule has 1 aliphatic heterocycles. The zero-order chi connectivity index (χ0) is 22.1. The summed E-state index contributed by atoms with van der Waals surface area (Å²) < 4.78 is 18.3. The van der Waals surface area contributed by atoms with E-state index in [1.807, 2.05) is 24.3 Å². The fourth-order valence-corrected chi connectivity index (χ4v) is 4.16. The molecule has 1 aliphatic carbocycles. The SMILES string of the molecule is COc1cc(-c2ccc(-c3ccc(N4CC[C@@H](NC5(CF)CC5)C4)nn3)c(O)c2)cnn1. The Bertz CT molecular complexity index is 1110. The Kier molecular flexibility index (Phi) is 5.34. The van der Waals surface area contributed by atoms with Gasteiger partial charge in [0.25, 0.3) is 0 Å². The minimum atomic E-state index is -0.300. The minimum absolute atomic E-state index is 0.103. The molecule has 2 aromatic heterocycles. The highest BCUT2D eigenvalue weighted by molar-refractivity contribution is 5.74. The monoisotopic (exact) mass is 436 g/mol. The molecule has 0 amide bonds. The molecule has 0 bridgehead atoms. The van der Waals surface area contributed by atoms with E-state index in [1.165, 1.54) is 7.11 Å². The Balaban J connectivity index is 1.29. The number of phenolic OH excluding ortho intramolecular Hbond substituents is 1. The molecule has 1 aromatic carbocycles. The van der Waals surface area contributed by atoms with E-state index in [9.17, 15) is 9.50 Å². The lowest BCUT2D eigenvalue weighted by atomic mass is 10.0. The topological polar surface area (TPSA) is 96.3 Å². The molecule has 0 spiro atoms. The lowest BCUT2D eigenvalue weighted by molar-refractivity contribution is 0.332. The minimum Gasteiger partial charge on any atom is -0.507 e. The second kappa shape index (κ2) is 8.31. The number of aromatic nitrogens is 4. The van der Waals surface area contributed by atoms with Gasteiger partial charge in [-0.3, -0.25) is 0 Å². The highest BCUT2D eigenvalue weighted by Crippen LogP contribution is 2.37. The fraction of sp³-hybridized carbons (Fsp3) is 0.391.